The Morgan fingerprint density at radius 1 is 1.37 bits per heavy atom. The molecule has 1 aromatic rings. The van der Waals surface area contributed by atoms with Crippen molar-refractivity contribution >= 4 is 0 Å². The van der Waals surface area contributed by atoms with Gasteiger partial charge in [0.25, 0.3) is 0 Å². The Morgan fingerprint density at radius 2 is 2.05 bits per heavy atom. The summed E-state index contributed by atoms with van der Waals surface area (Å²) < 4.78 is 5.67. The summed E-state index contributed by atoms with van der Waals surface area (Å²) in [6.07, 6.45) is 0.0180. The molecule has 0 aliphatic heterocycles. The minimum absolute atomic E-state index is 0.298. The fourth-order valence-electron chi connectivity index (χ4n) is 2.25. The van der Waals surface area contributed by atoms with Gasteiger partial charge in [-0.15, -0.1) is 0 Å². The molecule has 19 heavy (non-hydrogen) atoms. The molecule has 4 nitrogen and oxygen atoms in total. The first-order valence-corrected chi connectivity index (χ1v) is 6.83. The molecule has 0 saturated carbocycles. The Bertz CT molecular complexity index is 407. The molecule has 1 aromatic carbocycles. The van der Waals surface area contributed by atoms with Crippen molar-refractivity contribution in [2.75, 3.05) is 20.2 Å². The van der Waals surface area contributed by atoms with E-state index in [1.54, 1.807) is 0 Å². The number of rotatable bonds is 7. The molecule has 0 aromatic heterocycles. The van der Waals surface area contributed by atoms with E-state index in [1.165, 1.54) is 0 Å². The molecule has 4 heteroatoms. The fourth-order valence-corrected chi connectivity index (χ4v) is 2.25. The number of aryl methyl sites for hydroxylation is 2. The predicted octanol–water partition coefficient (Wildman–Crippen LogP) is 1.67. The van der Waals surface area contributed by atoms with Crippen molar-refractivity contribution in [3.63, 3.8) is 0 Å². The third-order valence-corrected chi connectivity index (χ3v) is 3.19. The second kappa shape index (κ2) is 7.48. The highest BCUT2D eigenvalue weighted by Crippen LogP contribution is 2.32. The fraction of sp³-hybridized carbons (Fsp3) is 0.600. The number of hydrogen-bond donors (Lipinski definition) is 3. The van der Waals surface area contributed by atoms with Crippen molar-refractivity contribution < 1.29 is 9.84 Å². The zero-order valence-electron chi connectivity index (χ0n) is 12.4. The summed E-state index contributed by atoms with van der Waals surface area (Å²) in [5.74, 6) is 0.764. The van der Waals surface area contributed by atoms with Gasteiger partial charge in [0.2, 0.25) is 0 Å². The maximum absolute atomic E-state index is 10.4. The molecule has 0 saturated heterocycles. The lowest BCUT2D eigenvalue weighted by Crippen LogP contribution is -2.32. The molecule has 0 fully saturated rings. The highest BCUT2D eigenvalue weighted by atomic mass is 16.5. The Hall–Kier alpha value is -1.10. The van der Waals surface area contributed by atoms with E-state index < -0.39 is 6.10 Å². The van der Waals surface area contributed by atoms with E-state index in [1.807, 2.05) is 33.9 Å². The van der Waals surface area contributed by atoms with Crippen LogP contribution in [0.1, 0.15) is 36.1 Å². The Balaban J connectivity index is 3.02. The van der Waals surface area contributed by atoms with Crippen LogP contribution in [0, 0.1) is 13.8 Å². The van der Waals surface area contributed by atoms with Gasteiger partial charge < -0.3 is 20.9 Å². The van der Waals surface area contributed by atoms with Gasteiger partial charge in [0.15, 0.2) is 0 Å². The molecule has 0 amide bonds. The minimum Gasteiger partial charge on any atom is -0.493 e. The average molecular weight is 266 g/mol. The zero-order valence-corrected chi connectivity index (χ0v) is 12.4. The third-order valence-electron chi connectivity index (χ3n) is 3.19. The lowest BCUT2D eigenvalue weighted by atomic mass is 9.95. The topological polar surface area (TPSA) is 67.5 Å². The van der Waals surface area contributed by atoms with E-state index >= 15 is 0 Å². The van der Waals surface area contributed by atoms with Crippen molar-refractivity contribution in [3.8, 4) is 5.75 Å². The zero-order chi connectivity index (χ0) is 14.4. The van der Waals surface area contributed by atoms with Crippen LogP contribution in [0.3, 0.4) is 0 Å². The first-order valence-electron chi connectivity index (χ1n) is 6.83. The molecule has 0 bridgehead atoms. The summed E-state index contributed by atoms with van der Waals surface area (Å²) in [4.78, 5) is 0. The molecule has 1 rings (SSSR count). The molecular weight excluding hydrogens is 240 g/mol. The van der Waals surface area contributed by atoms with Crippen LogP contribution in [0.4, 0.5) is 0 Å². The highest BCUT2D eigenvalue weighted by Gasteiger charge is 2.22. The lowest BCUT2D eigenvalue weighted by molar-refractivity contribution is 0.137. The maximum Gasteiger partial charge on any atom is 0.128 e. The summed E-state index contributed by atoms with van der Waals surface area (Å²) in [6.45, 7) is 7.31. The number of hydrogen-bond acceptors (Lipinski definition) is 4. The maximum atomic E-state index is 10.4. The van der Waals surface area contributed by atoms with E-state index in [-0.39, 0.29) is 6.04 Å². The highest BCUT2D eigenvalue weighted by molar-refractivity contribution is 5.45. The SMILES string of the molecule is CCOc1c(C)cc(C)cc1C(O)C(N)CCNC. The summed E-state index contributed by atoms with van der Waals surface area (Å²) >= 11 is 0. The number of nitrogens with one attached hydrogen (secondary N) is 1. The Labute approximate surface area is 116 Å². The van der Waals surface area contributed by atoms with E-state index in [2.05, 4.69) is 11.4 Å². The van der Waals surface area contributed by atoms with Gasteiger partial charge in [-0.2, -0.15) is 0 Å². The Kier molecular flexibility index (Phi) is 6.28. The monoisotopic (exact) mass is 266 g/mol. The summed E-state index contributed by atoms with van der Waals surface area (Å²) in [5, 5.41) is 13.5. The second-order valence-electron chi connectivity index (χ2n) is 4.93. The molecule has 0 spiro atoms. The first kappa shape index (κ1) is 16.0. The largest absolute Gasteiger partial charge is 0.493 e. The van der Waals surface area contributed by atoms with Gasteiger partial charge >= 0.3 is 0 Å². The molecule has 2 unspecified atom stereocenters. The van der Waals surface area contributed by atoms with Crippen LogP contribution >= 0.6 is 0 Å². The average Bonchev–Trinajstić information content (AvgIpc) is 2.38. The summed E-state index contributed by atoms with van der Waals surface area (Å²) in [6, 6.07) is 3.72. The lowest BCUT2D eigenvalue weighted by Gasteiger charge is -2.23. The number of nitrogens with two attached hydrogens (primary N) is 1. The van der Waals surface area contributed by atoms with Crippen LogP contribution in [-0.2, 0) is 0 Å². The van der Waals surface area contributed by atoms with Crippen LogP contribution in [0.25, 0.3) is 0 Å². The van der Waals surface area contributed by atoms with Crippen LogP contribution < -0.4 is 15.8 Å². The Morgan fingerprint density at radius 3 is 2.63 bits per heavy atom. The van der Waals surface area contributed by atoms with Crippen molar-refractivity contribution in [2.24, 2.45) is 5.73 Å². The van der Waals surface area contributed by atoms with E-state index in [4.69, 9.17) is 10.5 Å². The first-order chi connectivity index (χ1) is 9.01. The molecule has 108 valence electrons. The number of ether oxygens (including phenoxy) is 1. The summed E-state index contributed by atoms with van der Waals surface area (Å²) in [5.41, 5.74) is 9.00. The molecule has 0 heterocycles. The van der Waals surface area contributed by atoms with Crippen molar-refractivity contribution in [3.05, 3.63) is 28.8 Å². The van der Waals surface area contributed by atoms with Gasteiger partial charge in [0.1, 0.15) is 5.75 Å². The van der Waals surface area contributed by atoms with Crippen molar-refractivity contribution in [2.45, 2.75) is 39.3 Å². The van der Waals surface area contributed by atoms with Crippen molar-refractivity contribution in [1.29, 1.82) is 0 Å². The van der Waals surface area contributed by atoms with Crippen LogP contribution in [-0.4, -0.2) is 31.3 Å². The van der Waals surface area contributed by atoms with Gasteiger partial charge in [0, 0.05) is 11.6 Å². The van der Waals surface area contributed by atoms with Crippen LogP contribution in [0.15, 0.2) is 12.1 Å². The minimum atomic E-state index is -0.700. The van der Waals surface area contributed by atoms with Gasteiger partial charge in [-0.25, -0.2) is 0 Å². The molecule has 0 radical (unpaired) electrons. The number of benzene rings is 1. The van der Waals surface area contributed by atoms with Crippen molar-refractivity contribution in [1.82, 2.24) is 5.32 Å². The number of aliphatic hydroxyl groups is 1. The van der Waals surface area contributed by atoms with E-state index in [0.717, 1.165) is 35.4 Å². The van der Waals surface area contributed by atoms with Gasteiger partial charge in [-0.05, 0) is 52.4 Å². The van der Waals surface area contributed by atoms with E-state index in [0.29, 0.717) is 6.61 Å². The van der Waals surface area contributed by atoms with Gasteiger partial charge in [-0.1, -0.05) is 11.6 Å². The second-order valence-corrected chi connectivity index (χ2v) is 4.93. The molecule has 2 atom stereocenters. The number of aliphatic hydroxyl groups excluding tert-OH is 1. The molecule has 0 aliphatic carbocycles. The van der Waals surface area contributed by atoms with Gasteiger partial charge in [-0.3, -0.25) is 0 Å². The quantitative estimate of drug-likeness (QED) is 0.702. The molecule has 4 N–H and O–H groups in total. The van der Waals surface area contributed by atoms with Crippen LogP contribution in [0.2, 0.25) is 0 Å². The normalized spacial score (nSPS) is 14.2. The molecular formula is C15H26N2O2. The van der Waals surface area contributed by atoms with Gasteiger partial charge in [0.05, 0.1) is 12.7 Å². The summed E-state index contributed by atoms with van der Waals surface area (Å²) in [7, 11) is 1.88. The third kappa shape index (κ3) is 4.20. The predicted molar refractivity (Wildman–Crippen MR) is 78.6 cm³/mol. The smallest absolute Gasteiger partial charge is 0.128 e. The van der Waals surface area contributed by atoms with E-state index in [9.17, 15) is 5.11 Å². The van der Waals surface area contributed by atoms with Crippen LogP contribution in [0.5, 0.6) is 5.75 Å². The standard InChI is InChI=1S/C15H26N2O2/c1-5-19-15-11(3)8-10(2)9-12(15)14(18)13(16)6-7-17-4/h8-9,13-14,17-18H,5-7,16H2,1-4H3. The molecule has 0 aliphatic rings.